The standard InChI is InChI=1S/C18H34N4O4/c1-4-12(5-2)15(22-10(3)23)13-7-6-11(9-21-18(19)20)8-14(16(13)24)17(25)26/h11-16,24H,4-9H2,1-3H3,(H,22,23)(H,25,26)(H4,19,20,21)/t11-,13-,14-,15-,16-/m0/s1. The fourth-order valence-corrected chi connectivity index (χ4v) is 4.16. The van der Waals surface area contributed by atoms with Crippen LogP contribution in [0, 0.1) is 23.7 Å². The maximum Gasteiger partial charge on any atom is 0.309 e. The van der Waals surface area contributed by atoms with E-state index < -0.39 is 18.0 Å². The van der Waals surface area contributed by atoms with Crippen molar-refractivity contribution >= 4 is 17.8 Å². The summed E-state index contributed by atoms with van der Waals surface area (Å²) in [5.41, 5.74) is 10.8. The van der Waals surface area contributed by atoms with Gasteiger partial charge in [0.15, 0.2) is 5.96 Å². The van der Waals surface area contributed by atoms with Gasteiger partial charge >= 0.3 is 5.97 Å². The molecule has 0 spiro atoms. The first-order valence-corrected chi connectivity index (χ1v) is 9.44. The Balaban J connectivity index is 3.11. The van der Waals surface area contributed by atoms with E-state index in [9.17, 15) is 19.8 Å². The summed E-state index contributed by atoms with van der Waals surface area (Å²) in [4.78, 5) is 27.5. The zero-order chi connectivity index (χ0) is 19.9. The van der Waals surface area contributed by atoms with Crippen molar-refractivity contribution in [3.8, 4) is 0 Å². The van der Waals surface area contributed by atoms with Crippen LogP contribution in [0.4, 0.5) is 0 Å². The summed E-state index contributed by atoms with van der Waals surface area (Å²) in [6, 6.07) is -0.249. The number of carboxylic acids is 1. The number of carboxylic acid groups (broad SMARTS) is 1. The number of amides is 1. The number of carbonyl (C=O) groups is 2. The topological polar surface area (TPSA) is 151 Å². The number of aliphatic hydroxyl groups is 1. The number of nitrogens with two attached hydrogens (primary N) is 2. The van der Waals surface area contributed by atoms with Crippen molar-refractivity contribution in [2.24, 2.45) is 40.1 Å². The van der Waals surface area contributed by atoms with E-state index >= 15 is 0 Å². The van der Waals surface area contributed by atoms with Gasteiger partial charge in [-0.05, 0) is 31.1 Å². The Morgan fingerprint density at radius 3 is 2.31 bits per heavy atom. The van der Waals surface area contributed by atoms with E-state index in [1.807, 2.05) is 13.8 Å². The third-order valence-electron chi connectivity index (χ3n) is 5.58. The molecule has 8 heteroatoms. The van der Waals surface area contributed by atoms with Crippen molar-refractivity contribution in [3.05, 3.63) is 0 Å². The Kier molecular flexibility index (Phi) is 8.84. The zero-order valence-corrected chi connectivity index (χ0v) is 16.0. The number of carbonyl (C=O) groups excluding carboxylic acids is 1. The minimum absolute atomic E-state index is 0.0162. The molecule has 8 nitrogen and oxygen atoms in total. The molecule has 0 aliphatic heterocycles. The lowest BCUT2D eigenvalue weighted by Gasteiger charge is -2.36. The molecule has 1 amide bonds. The normalized spacial score (nSPS) is 27.4. The minimum Gasteiger partial charge on any atom is -0.481 e. The van der Waals surface area contributed by atoms with Crippen molar-refractivity contribution in [1.82, 2.24) is 5.32 Å². The Morgan fingerprint density at radius 1 is 1.23 bits per heavy atom. The van der Waals surface area contributed by atoms with Crippen LogP contribution in [0.5, 0.6) is 0 Å². The molecular weight excluding hydrogens is 336 g/mol. The van der Waals surface area contributed by atoms with Gasteiger partial charge < -0.3 is 27.0 Å². The van der Waals surface area contributed by atoms with Gasteiger partial charge in [0.2, 0.25) is 5.91 Å². The second-order valence-corrected chi connectivity index (χ2v) is 7.35. The summed E-state index contributed by atoms with van der Waals surface area (Å²) in [6.45, 7) is 5.89. The molecule has 1 saturated carbocycles. The van der Waals surface area contributed by atoms with Crippen molar-refractivity contribution in [3.63, 3.8) is 0 Å². The lowest BCUT2D eigenvalue weighted by molar-refractivity contribution is -0.148. The third kappa shape index (κ3) is 6.16. The first kappa shape index (κ1) is 22.2. The number of aliphatic carboxylic acids is 1. The number of nitrogens with one attached hydrogen (secondary N) is 1. The van der Waals surface area contributed by atoms with E-state index in [0.29, 0.717) is 25.8 Å². The molecule has 1 aliphatic carbocycles. The molecule has 7 N–H and O–H groups in total. The summed E-state index contributed by atoms with van der Waals surface area (Å²) in [6.07, 6.45) is 2.32. The highest BCUT2D eigenvalue weighted by Gasteiger charge is 2.42. The molecule has 0 bridgehead atoms. The Morgan fingerprint density at radius 2 is 1.85 bits per heavy atom. The van der Waals surface area contributed by atoms with Crippen molar-refractivity contribution in [2.75, 3.05) is 6.54 Å². The molecule has 0 aromatic rings. The van der Waals surface area contributed by atoms with Gasteiger partial charge in [-0.1, -0.05) is 26.7 Å². The Bertz CT molecular complexity index is 503. The van der Waals surface area contributed by atoms with Gasteiger partial charge in [0.25, 0.3) is 0 Å². The molecule has 150 valence electrons. The number of rotatable bonds is 8. The third-order valence-corrected chi connectivity index (χ3v) is 5.58. The van der Waals surface area contributed by atoms with E-state index in [2.05, 4.69) is 10.3 Å². The van der Waals surface area contributed by atoms with Crippen LogP contribution < -0.4 is 16.8 Å². The summed E-state index contributed by atoms with van der Waals surface area (Å²) < 4.78 is 0. The van der Waals surface area contributed by atoms with Crippen LogP contribution in [0.15, 0.2) is 4.99 Å². The number of aliphatic hydroxyl groups excluding tert-OH is 1. The first-order valence-electron chi connectivity index (χ1n) is 9.44. The lowest BCUT2D eigenvalue weighted by Crippen LogP contribution is -2.50. The fraction of sp³-hybridized carbons (Fsp3) is 0.833. The van der Waals surface area contributed by atoms with Crippen LogP contribution in [-0.4, -0.2) is 46.7 Å². The molecule has 0 saturated heterocycles. The van der Waals surface area contributed by atoms with Crippen molar-refractivity contribution in [1.29, 1.82) is 0 Å². The zero-order valence-electron chi connectivity index (χ0n) is 16.0. The van der Waals surface area contributed by atoms with Gasteiger partial charge in [-0.3, -0.25) is 14.6 Å². The summed E-state index contributed by atoms with van der Waals surface area (Å²) in [5, 5.41) is 23.5. The highest BCUT2D eigenvalue weighted by Crippen LogP contribution is 2.37. The Labute approximate surface area is 155 Å². The molecule has 1 rings (SSSR count). The molecule has 1 fully saturated rings. The first-order chi connectivity index (χ1) is 12.2. The number of nitrogens with zero attached hydrogens (tertiary/aromatic N) is 1. The van der Waals surface area contributed by atoms with Crippen LogP contribution in [0.2, 0.25) is 0 Å². The van der Waals surface area contributed by atoms with E-state index in [1.165, 1.54) is 6.92 Å². The maximum absolute atomic E-state index is 11.8. The van der Waals surface area contributed by atoms with Gasteiger partial charge in [0.1, 0.15) is 0 Å². The molecular formula is C18H34N4O4. The van der Waals surface area contributed by atoms with Crippen molar-refractivity contribution < 1.29 is 19.8 Å². The van der Waals surface area contributed by atoms with Gasteiger partial charge in [-0.15, -0.1) is 0 Å². The number of hydrogen-bond acceptors (Lipinski definition) is 4. The van der Waals surface area contributed by atoms with Gasteiger partial charge in [0.05, 0.1) is 12.0 Å². The van der Waals surface area contributed by atoms with Crippen molar-refractivity contribution in [2.45, 2.75) is 65.0 Å². The summed E-state index contributed by atoms with van der Waals surface area (Å²) in [7, 11) is 0. The quantitative estimate of drug-likeness (QED) is 0.241. The maximum atomic E-state index is 11.8. The van der Waals surface area contributed by atoms with Crippen LogP contribution in [-0.2, 0) is 9.59 Å². The average Bonchev–Trinajstić information content (AvgIpc) is 2.72. The molecule has 26 heavy (non-hydrogen) atoms. The number of guanidine groups is 1. The number of hydrogen-bond donors (Lipinski definition) is 5. The van der Waals surface area contributed by atoms with Crippen LogP contribution in [0.3, 0.4) is 0 Å². The van der Waals surface area contributed by atoms with E-state index in [-0.39, 0.29) is 35.7 Å². The molecule has 0 aromatic heterocycles. The van der Waals surface area contributed by atoms with Gasteiger partial charge in [-0.25, -0.2) is 0 Å². The molecule has 5 atom stereocenters. The highest BCUT2D eigenvalue weighted by atomic mass is 16.4. The highest BCUT2D eigenvalue weighted by molar-refractivity contribution is 5.75. The molecule has 0 unspecified atom stereocenters. The predicted octanol–water partition coefficient (Wildman–Crippen LogP) is 0.679. The van der Waals surface area contributed by atoms with Crippen LogP contribution in [0.1, 0.15) is 52.9 Å². The predicted molar refractivity (Wildman–Crippen MR) is 100 cm³/mol. The van der Waals surface area contributed by atoms with Crippen LogP contribution >= 0.6 is 0 Å². The summed E-state index contributed by atoms with van der Waals surface area (Å²) in [5.74, 6) is -2.25. The number of aliphatic imine (C=N–C) groups is 1. The fourth-order valence-electron chi connectivity index (χ4n) is 4.16. The second-order valence-electron chi connectivity index (χ2n) is 7.35. The largest absolute Gasteiger partial charge is 0.481 e. The lowest BCUT2D eigenvalue weighted by atomic mass is 9.77. The monoisotopic (exact) mass is 370 g/mol. The smallest absolute Gasteiger partial charge is 0.309 e. The van der Waals surface area contributed by atoms with Gasteiger partial charge in [-0.2, -0.15) is 0 Å². The van der Waals surface area contributed by atoms with E-state index in [1.54, 1.807) is 0 Å². The molecule has 0 aromatic carbocycles. The van der Waals surface area contributed by atoms with E-state index in [4.69, 9.17) is 11.5 Å². The average molecular weight is 370 g/mol. The SMILES string of the molecule is CCC(CC)[C@H](NC(C)=O)[C@@H]1CC[C@H](CN=C(N)N)C[C@H](C(=O)O)[C@H]1O. The minimum atomic E-state index is -1.02. The second kappa shape index (κ2) is 10.4. The molecule has 0 radical (unpaired) electrons. The molecule has 0 heterocycles. The van der Waals surface area contributed by atoms with E-state index in [0.717, 1.165) is 12.8 Å². The Hall–Kier alpha value is -1.83. The van der Waals surface area contributed by atoms with Gasteiger partial charge in [0, 0.05) is 25.4 Å². The molecule has 1 aliphatic rings. The van der Waals surface area contributed by atoms with Crippen LogP contribution in [0.25, 0.3) is 0 Å². The summed E-state index contributed by atoms with van der Waals surface area (Å²) >= 11 is 0.